The maximum atomic E-state index is 12.1. The third-order valence-corrected chi connectivity index (χ3v) is 4.19. The molecule has 1 amide bonds. The van der Waals surface area contributed by atoms with Crippen LogP contribution in [0.3, 0.4) is 0 Å². The average molecular weight is 370 g/mol. The molecule has 0 aliphatic rings. The van der Waals surface area contributed by atoms with Crippen molar-refractivity contribution < 1.29 is 9.53 Å². The number of benzene rings is 3. The van der Waals surface area contributed by atoms with Gasteiger partial charge in [0.15, 0.2) is 0 Å². The van der Waals surface area contributed by atoms with E-state index >= 15 is 0 Å². The van der Waals surface area contributed by atoms with Crippen LogP contribution in [0.25, 0.3) is 10.8 Å². The fourth-order valence-electron chi connectivity index (χ4n) is 2.33. The summed E-state index contributed by atoms with van der Waals surface area (Å²) < 4.78 is 6.49. The van der Waals surface area contributed by atoms with Gasteiger partial charge in [-0.25, -0.2) is 0 Å². The molecule has 3 aromatic rings. The quantitative estimate of drug-likeness (QED) is 0.676. The number of hydrogen-bond acceptors (Lipinski definition) is 2. The predicted octanol–water partition coefficient (Wildman–Crippen LogP) is 4.41. The smallest absolute Gasteiger partial charge is 0.252 e. The highest BCUT2D eigenvalue weighted by Crippen LogP contribution is 2.20. The molecular weight excluding hydrogens is 354 g/mol. The first-order valence-corrected chi connectivity index (χ1v) is 8.18. The molecule has 0 fully saturated rings. The van der Waals surface area contributed by atoms with Gasteiger partial charge in [-0.15, -0.1) is 0 Å². The van der Waals surface area contributed by atoms with E-state index in [1.165, 1.54) is 5.39 Å². The molecule has 0 aliphatic heterocycles. The number of amides is 1. The van der Waals surface area contributed by atoms with Crippen LogP contribution >= 0.6 is 15.9 Å². The van der Waals surface area contributed by atoms with Crippen molar-refractivity contribution >= 4 is 32.6 Å². The van der Waals surface area contributed by atoms with E-state index in [0.717, 1.165) is 15.6 Å². The lowest BCUT2D eigenvalue weighted by atomic mass is 10.1. The molecule has 0 unspecified atom stereocenters. The second-order valence-corrected chi connectivity index (χ2v) is 5.95. The van der Waals surface area contributed by atoms with E-state index in [4.69, 9.17) is 4.74 Å². The van der Waals surface area contributed by atoms with Crippen LogP contribution in [0.4, 0.5) is 0 Å². The van der Waals surface area contributed by atoms with Crippen molar-refractivity contribution in [1.29, 1.82) is 0 Å². The van der Waals surface area contributed by atoms with E-state index in [9.17, 15) is 4.79 Å². The minimum atomic E-state index is -0.111. The van der Waals surface area contributed by atoms with Crippen molar-refractivity contribution in [1.82, 2.24) is 5.32 Å². The van der Waals surface area contributed by atoms with E-state index in [1.807, 2.05) is 48.5 Å². The predicted molar refractivity (Wildman–Crippen MR) is 95.9 cm³/mol. The number of carbonyl (C=O) groups is 1. The van der Waals surface area contributed by atoms with E-state index in [2.05, 4.69) is 33.4 Å². The van der Waals surface area contributed by atoms with Gasteiger partial charge >= 0.3 is 0 Å². The fraction of sp³-hybridized carbons (Fsp3) is 0.105. The van der Waals surface area contributed by atoms with E-state index in [0.29, 0.717) is 18.7 Å². The van der Waals surface area contributed by atoms with Gasteiger partial charge in [0.2, 0.25) is 0 Å². The SMILES string of the molecule is O=C(NCCOc1ccc2ccccc2c1)c1ccccc1Br. The van der Waals surface area contributed by atoms with Crippen molar-refractivity contribution in [2.24, 2.45) is 0 Å². The van der Waals surface area contributed by atoms with Gasteiger partial charge in [-0.1, -0.05) is 42.5 Å². The highest BCUT2D eigenvalue weighted by molar-refractivity contribution is 9.10. The van der Waals surface area contributed by atoms with Gasteiger partial charge in [-0.2, -0.15) is 0 Å². The molecule has 0 radical (unpaired) electrons. The highest BCUT2D eigenvalue weighted by atomic mass is 79.9. The number of fused-ring (bicyclic) bond motifs is 1. The van der Waals surface area contributed by atoms with Crippen LogP contribution in [0.1, 0.15) is 10.4 Å². The van der Waals surface area contributed by atoms with Gasteiger partial charge in [0.25, 0.3) is 5.91 Å². The summed E-state index contributed by atoms with van der Waals surface area (Å²) >= 11 is 3.37. The summed E-state index contributed by atoms with van der Waals surface area (Å²) in [6.45, 7) is 0.877. The normalized spacial score (nSPS) is 10.5. The maximum absolute atomic E-state index is 12.1. The maximum Gasteiger partial charge on any atom is 0.252 e. The second-order valence-electron chi connectivity index (χ2n) is 5.09. The van der Waals surface area contributed by atoms with Crippen LogP contribution in [-0.2, 0) is 0 Å². The fourth-order valence-corrected chi connectivity index (χ4v) is 2.80. The van der Waals surface area contributed by atoms with Crippen molar-refractivity contribution in [2.45, 2.75) is 0 Å². The average Bonchev–Trinajstić information content (AvgIpc) is 2.59. The summed E-state index contributed by atoms with van der Waals surface area (Å²) in [7, 11) is 0. The first kappa shape index (κ1) is 15.6. The Labute approximate surface area is 143 Å². The first-order valence-electron chi connectivity index (χ1n) is 7.38. The number of carbonyl (C=O) groups excluding carboxylic acids is 1. The summed E-state index contributed by atoms with van der Waals surface area (Å²) in [5.41, 5.74) is 0.623. The molecule has 0 atom stereocenters. The number of rotatable bonds is 5. The molecule has 3 rings (SSSR count). The molecule has 0 spiro atoms. The zero-order chi connectivity index (χ0) is 16.1. The summed E-state index contributed by atoms with van der Waals surface area (Å²) in [4.78, 5) is 12.1. The largest absolute Gasteiger partial charge is 0.492 e. The van der Waals surface area contributed by atoms with Crippen molar-refractivity contribution in [3.05, 3.63) is 76.8 Å². The van der Waals surface area contributed by atoms with Gasteiger partial charge in [-0.05, 0) is 51.0 Å². The Morgan fingerprint density at radius 1 is 0.957 bits per heavy atom. The molecule has 3 aromatic carbocycles. The molecule has 0 saturated carbocycles. The van der Waals surface area contributed by atoms with Gasteiger partial charge in [0, 0.05) is 4.47 Å². The van der Waals surface area contributed by atoms with E-state index < -0.39 is 0 Å². The van der Waals surface area contributed by atoms with Gasteiger partial charge in [0.05, 0.1) is 12.1 Å². The molecule has 0 bridgehead atoms. The van der Waals surface area contributed by atoms with Crippen LogP contribution in [0, 0.1) is 0 Å². The molecule has 116 valence electrons. The zero-order valence-corrected chi connectivity index (χ0v) is 14.0. The molecule has 0 aromatic heterocycles. The molecule has 1 N–H and O–H groups in total. The summed E-state index contributed by atoms with van der Waals surface area (Å²) in [5.74, 6) is 0.693. The monoisotopic (exact) mass is 369 g/mol. The van der Waals surface area contributed by atoms with E-state index in [-0.39, 0.29) is 5.91 Å². The second kappa shape index (κ2) is 7.29. The molecule has 0 heterocycles. The third-order valence-electron chi connectivity index (χ3n) is 3.50. The Balaban J connectivity index is 1.53. The lowest BCUT2D eigenvalue weighted by molar-refractivity contribution is 0.0946. The molecule has 23 heavy (non-hydrogen) atoms. The van der Waals surface area contributed by atoms with E-state index in [1.54, 1.807) is 6.07 Å². The molecule has 3 nitrogen and oxygen atoms in total. The lowest BCUT2D eigenvalue weighted by Crippen LogP contribution is -2.28. The van der Waals surface area contributed by atoms with Crippen LogP contribution in [0.15, 0.2) is 71.2 Å². The number of nitrogens with one attached hydrogen (secondary N) is 1. The van der Waals surface area contributed by atoms with Gasteiger partial charge in [0.1, 0.15) is 12.4 Å². The molecule has 0 aliphatic carbocycles. The van der Waals surface area contributed by atoms with Gasteiger partial charge < -0.3 is 10.1 Å². The first-order chi connectivity index (χ1) is 11.2. The van der Waals surface area contributed by atoms with Crippen LogP contribution < -0.4 is 10.1 Å². The molecule has 0 saturated heterocycles. The lowest BCUT2D eigenvalue weighted by Gasteiger charge is -2.09. The summed E-state index contributed by atoms with van der Waals surface area (Å²) in [5, 5.41) is 5.18. The Morgan fingerprint density at radius 3 is 2.52 bits per heavy atom. The minimum Gasteiger partial charge on any atom is -0.492 e. The Kier molecular flexibility index (Phi) is 4.93. The Bertz CT molecular complexity index is 832. The number of halogens is 1. The summed E-state index contributed by atoms with van der Waals surface area (Å²) in [6.07, 6.45) is 0. The number of hydrogen-bond donors (Lipinski definition) is 1. The van der Waals surface area contributed by atoms with Crippen molar-refractivity contribution in [2.75, 3.05) is 13.2 Å². The Morgan fingerprint density at radius 2 is 1.70 bits per heavy atom. The topological polar surface area (TPSA) is 38.3 Å². The standard InChI is InChI=1S/C19H16BrNO2/c20-18-8-4-3-7-17(18)19(22)21-11-12-23-16-10-9-14-5-1-2-6-15(14)13-16/h1-10,13H,11-12H2,(H,21,22). The van der Waals surface area contributed by atoms with Gasteiger partial charge in [-0.3, -0.25) is 4.79 Å². The third kappa shape index (κ3) is 3.90. The van der Waals surface area contributed by atoms with Crippen LogP contribution in [0.5, 0.6) is 5.75 Å². The van der Waals surface area contributed by atoms with Crippen molar-refractivity contribution in [3.8, 4) is 5.75 Å². The highest BCUT2D eigenvalue weighted by Gasteiger charge is 2.08. The molecule has 4 heteroatoms. The van der Waals surface area contributed by atoms with Crippen LogP contribution in [0.2, 0.25) is 0 Å². The minimum absolute atomic E-state index is 0.111. The molecular formula is C19H16BrNO2. The van der Waals surface area contributed by atoms with Crippen LogP contribution in [-0.4, -0.2) is 19.1 Å². The Hall–Kier alpha value is -2.33. The number of ether oxygens (including phenoxy) is 1. The zero-order valence-electron chi connectivity index (χ0n) is 12.5. The van der Waals surface area contributed by atoms with Crippen molar-refractivity contribution in [3.63, 3.8) is 0 Å². The summed E-state index contributed by atoms with van der Waals surface area (Å²) in [6, 6.07) is 21.5.